The summed E-state index contributed by atoms with van der Waals surface area (Å²) < 4.78 is 10.8. The number of hydrogen-bond acceptors (Lipinski definition) is 4. The van der Waals surface area contributed by atoms with Crippen LogP contribution in [-0.4, -0.2) is 35.0 Å². The van der Waals surface area contributed by atoms with Gasteiger partial charge in [0, 0.05) is 0 Å². The molecule has 4 nitrogen and oxygen atoms in total. The van der Waals surface area contributed by atoms with E-state index in [0.29, 0.717) is 11.8 Å². The van der Waals surface area contributed by atoms with E-state index in [2.05, 4.69) is 39.5 Å². The fourth-order valence-electron chi connectivity index (χ4n) is 2.40. The van der Waals surface area contributed by atoms with Crippen LogP contribution in [-0.2, 0) is 9.47 Å². The summed E-state index contributed by atoms with van der Waals surface area (Å²) in [5.74, 6) is 6.98. The molecule has 0 aromatic carbocycles. The number of hydrogen-bond donors (Lipinski definition) is 2. The normalized spacial score (nSPS) is 17.5. The summed E-state index contributed by atoms with van der Waals surface area (Å²) in [5, 5.41) is 18.1. The summed E-state index contributed by atoms with van der Waals surface area (Å²) in [4.78, 5) is 0. The lowest BCUT2D eigenvalue weighted by Gasteiger charge is -2.28. The lowest BCUT2D eigenvalue weighted by Crippen LogP contribution is -2.33. The number of aliphatic hydroxyl groups is 2. The van der Waals surface area contributed by atoms with Crippen LogP contribution < -0.4 is 0 Å². The average Bonchev–Trinajstić information content (AvgIpc) is 2.25. The molecule has 4 heteroatoms. The molecule has 0 radical (unpaired) electrons. The maximum Gasteiger partial charge on any atom is 0.145 e. The van der Waals surface area contributed by atoms with Crippen LogP contribution in [0, 0.1) is 23.7 Å². The van der Waals surface area contributed by atoms with Crippen molar-refractivity contribution in [1.29, 1.82) is 0 Å². The second kappa shape index (κ2) is 8.63. The van der Waals surface area contributed by atoms with Gasteiger partial charge in [0.1, 0.15) is 24.8 Å². The summed E-state index contributed by atoms with van der Waals surface area (Å²) in [5.41, 5.74) is -1.42. The Kier molecular flexibility index (Phi) is 8.38. The SMILES string of the molecule is CC(C)CC(C)(C#CC(C)(CC(C)C)OCO)OCO. The lowest BCUT2D eigenvalue weighted by molar-refractivity contribution is -0.0910. The summed E-state index contributed by atoms with van der Waals surface area (Å²) >= 11 is 0. The quantitative estimate of drug-likeness (QED) is 0.532. The molecule has 0 aliphatic rings. The molecule has 0 rings (SSSR count). The van der Waals surface area contributed by atoms with E-state index in [4.69, 9.17) is 19.7 Å². The van der Waals surface area contributed by atoms with Crippen molar-refractivity contribution in [2.75, 3.05) is 13.6 Å². The zero-order chi connectivity index (χ0) is 15.8. The standard InChI is InChI=1S/C16H30O4/c1-13(2)9-15(5,19-11-17)7-8-16(6,20-12-18)10-14(3)4/h13-14,17-18H,9-12H2,1-6H3. The molecule has 0 amide bonds. The first-order chi connectivity index (χ1) is 9.16. The van der Waals surface area contributed by atoms with Gasteiger partial charge >= 0.3 is 0 Å². The molecular formula is C16H30O4. The number of rotatable bonds is 8. The first-order valence-electron chi connectivity index (χ1n) is 7.20. The van der Waals surface area contributed by atoms with Gasteiger partial charge < -0.3 is 19.7 Å². The van der Waals surface area contributed by atoms with Crippen molar-refractivity contribution in [1.82, 2.24) is 0 Å². The molecule has 0 saturated carbocycles. The molecule has 20 heavy (non-hydrogen) atoms. The smallest absolute Gasteiger partial charge is 0.145 e. The van der Waals surface area contributed by atoms with Gasteiger partial charge in [-0.05, 0) is 38.5 Å². The second-order valence-electron chi connectivity index (χ2n) is 6.45. The van der Waals surface area contributed by atoms with Gasteiger partial charge in [0.2, 0.25) is 0 Å². The van der Waals surface area contributed by atoms with Crippen LogP contribution in [0.25, 0.3) is 0 Å². The molecule has 0 spiro atoms. The Bertz CT molecular complexity index is 299. The molecule has 0 aromatic rings. The fourth-order valence-corrected chi connectivity index (χ4v) is 2.40. The molecule has 0 aliphatic carbocycles. The Morgan fingerprint density at radius 3 is 1.30 bits per heavy atom. The average molecular weight is 286 g/mol. The molecule has 0 aliphatic heterocycles. The second-order valence-corrected chi connectivity index (χ2v) is 6.45. The first-order valence-corrected chi connectivity index (χ1v) is 7.20. The van der Waals surface area contributed by atoms with E-state index in [9.17, 15) is 0 Å². The van der Waals surface area contributed by atoms with Crippen molar-refractivity contribution in [3.63, 3.8) is 0 Å². The highest BCUT2D eigenvalue weighted by Gasteiger charge is 2.27. The minimum absolute atomic E-state index is 0.361. The topological polar surface area (TPSA) is 58.9 Å². The summed E-state index contributed by atoms with van der Waals surface area (Å²) in [6.07, 6.45) is 1.44. The van der Waals surface area contributed by atoms with Gasteiger partial charge in [-0.25, -0.2) is 0 Å². The summed E-state index contributed by atoms with van der Waals surface area (Å²) in [7, 11) is 0. The zero-order valence-electron chi connectivity index (χ0n) is 13.7. The highest BCUT2D eigenvalue weighted by molar-refractivity contribution is 5.20. The van der Waals surface area contributed by atoms with Gasteiger partial charge in [0.25, 0.3) is 0 Å². The van der Waals surface area contributed by atoms with E-state index in [1.54, 1.807) is 0 Å². The fraction of sp³-hybridized carbons (Fsp3) is 0.875. The van der Waals surface area contributed by atoms with Crippen molar-refractivity contribution in [2.24, 2.45) is 11.8 Å². The van der Waals surface area contributed by atoms with Crippen LogP contribution in [0.2, 0.25) is 0 Å². The number of ether oxygens (including phenoxy) is 2. The Morgan fingerprint density at radius 2 is 1.10 bits per heavy atom. The zero-order valence-corrected chi connectivity index (χ0v) is 13.7. The Balaban J connectivity index is 5.15. The maximum atomic E-state index is 9.03. The molecule has 0 heterocycles. The van der Waals surface area contributed by atoms with Crippen LogP contribution in [0.15, 0.2) is 0 Å². The molecule has 2 atom stereocenters. The largest absolute Gasteiger partial charge is 0.371 e. The van der Waals surface area contributed by atoms with Crippen LogP contribution in [0.4, 0.5) is 0 Å². The monoisotopic (exact) mass is 286 g/mol. The predicted molar refractivity (Wildman–Crippen MR) is 79.8 cm³/mol. The molecule has 0 saturated heterocycles. The van der Waals surface area contributed by atoms with Gasteiger partial charge in [0.05, 0.1) is 0 Å². The van der Waals surface area contributed by atoms with Crippen LogP contribution in [0.5, 0.6) is 0 Å². The maximum absolute atomic E-state index is 9.03. The Morgan fingerprint density at radius 1 is 0.800 bits per heavy atom. The molecule has 2 unspecified atom stereocenters. The van der Waals surface area contributed by atoms with E-state index >= 15 is 0 Å². The van der Waals surface area contributed by atoms with E-state index in [-0.39, 0.29) is 13.6 Å². The Labute approximate surface area is 123 Å². The van der Waals surface area contributed by atoms with Crippen LogP contribution in [0.3, 0.4) is 0 Å². The van der Waals surface area contributed by atoms with Crippen molar-refractivity contribution in [3.05, 3.63) is 0 Å². The third kappa shape index (κ3) is 7.86. The van der Waals surface area contributed by atoms with Crippen molar-refractivity contribution in [2.45, 2.75) is 65.6 Å². The highest BCUT2D eigenvalue weighted by Crippen LogP contribution is 2.23. The minimum Gasteiger partial charge on any atom is -0.371 e. The number of aliphatic hydroxyl groups excluding tert-OH is 2. The third-order valence-electron chi connectivity index (χ3n) is 2.95. The minimum atomic E-state index is -0.708. The molecule has 0 aromatic heterocycles. The first kappa shape index (κ1) is 19.4. The van der Waals surface area contributed by atoms with Gasteiger partial charge in [-0.15, -0.1) is 0 Å². The van der Waals surface area contributed by atoms with E-state index in [1.807, 2.05) is 13.8 Å². The molecule has 2 N–H and O–H groups in total. The predicted octanol–water partition coefficient (Wildman–Crippen LogP) is 2.53. The van der Waals surface area contributed by atoms with Gasteiger partial charge in [0.15, 0.2) is 0 Å². The lowest BCUT2D eigenvalue weighted by atomic mass is 9.90. The van der Waals surface area contributed by atoms with E-state index in [0.717, 1.165) is 12.8 Å². The molecule has 0 bridgehead atoms. The highest BCUT2D eigenvalue weighted by atomic mass is 16.6. The van der Waals surface area contributed by atoms with Crippen LogP contribution >= 0.6 is 0 Å². The summed E-state index contributed by atoms with van der Waals surface area (Å²) in [6.45, 7) is 11.3. The third-order valence-corrected chi connectivity index (χ3v) is 2.95. The van der Waals surface area contributed by atoms with E-state index in [1.165, 1.54) is 0 Å². The molecule has 0 fully saturated rings. The van der Waals surface area contributed by atoms with Gasteiger partial charge in [-0.1, -0.05) is 39.5 Å². The van der Waals surface area contributed by atoms with Crippen molar-refractivity contribution < 1.29 is 19.7 Å². The Hall–Kier alpha value is -0.600. The molecule has 118 valence electrons. The van der Waals surface area contributed by atoms with Crippen LogP contribution in [0.1, 0.15) is 54.4 Å². The summed E-state index contributed by atoms with van der Waals surface area (Å²) in [6, 6.07) is 0. The van der Waals surface area contributed by atoms with Crippen molar-refractivity contribution >= 4 is 0 Å². The van der Waals surface area contributed by atoms with E-state index < -0.39 is 11.2 Å². The van der Waals surface area contributed by atoms with Gasteiger partial charge in [-0.2, -0.15) is 0 Å². The van der Waals surface area contributed by atoms with Gasteiger partial charge in [-0.3, -0.25) is 0 Å². The van der Waals surface area contributed by atoms with Crippen molar-refractivity contribution in [3.8, 4) is 11.8 Å². The molecular weight excluding hydrogens is 256 g/mol.